The van der Waals surface area contributed by atoms with Crippen molar-refractivity contribution in [2.24, 2.45) is 0 Å². The van der Waals surface area contributed by atoms with Gasteiger partial charge in [-0.1, -0.05) is 6.07 Å². The smallest absolute Gasteiger partial charge is 0.264 e. The summed E-state index contributed by atoms with van der Waals surface area (Å²) in [6.45, 7) is 1.73. The third-order valence-electron chi connectivity index (χ3n) is 3.56. The highest BCUT2D eigenvalue weighted by molar-refractivity contribution is 7.85. The molecule has 2 aliphatic heterocycles. The van der Waals surface area contributed by atoms with Crippen molar-refractivity contribution in [2.75, 3.05) is 18.2 Å². The van der Waals surface area contributed by atoms with E-state index in [4.69, 9.17) is 8.92 Å². The Bertz CT molecular complexity index is 727. The van der Waals surface area contributed by atoms with Crippen molar-refractivity contribution in [2.45, 2.75) is 25.6 Å². The number of hydrogen-bond donors (Lipinski definition) is 2. The van der Waals surface area contributed by atoms with Crippen LogP contribution in [0.1, 0.15) is 22.8 Å². The fourth-order valence-corrected chi connectivity index (χ4v) is 3.08. The van der Waals surface area contributed by atoms with Crippen LogP contribution in [0.3, 0.4) is 0 Å². The Hall–Kier alpha value is -1.64. The predicted octanol–water partition coefficient (Wildman–Crippen LogP) is 0.260. The Balaban J connectivity index is 1.89. The topological polar surface area (TPSA) is 102 Å². The van der Waals surface area contributed by atoms with Gasteiger partial charge in [0.05, 0.1) is 17.5 Å². The third-order valence-corrected chi connectivity index (χ3v) is 4.13. The fraction of sp³-hybridized carbons (Fsp3) is 0.462. The molecule has 0 aromatic heterocycles. The highest BCUT2D eigenvalue weighted by atomic mass is 32.2. The van der Waals surface area contributed by atoms with Gasteiger partial charge in [-0.3, -0.25) is 8.98 Å². The lowest BCUT2D eigenvalue weighted by molar-refractivity contribution is -0.123. The van der Waals surface area contributed by atoms with Gasteiger partial charge in [-0.25, -0.2) is 0 Å². The number of nitrogens with one attached hydrogen (secondary N) is 1. The second kappa shape index (κ2) is 4.69. The van der Waals surface area contributed by atoms with Crippen molar-refractivity contribution in [3.8, 4) is 5.75 Å². The van der Waals surface area contributed by atoms with E-state index in [9.17, 15) is 18.3 Å². The number of carbonyl (C=O) groups is 1. The van der Waals surface area contributed by atoms with Crippen LogP contribution in [0, 0.1) is 6.92 Å². The number of hydrogen-bond acceptors (Lipinski definition) is 6. The number of aliphatic hydroxyl groups is 1. The SMILES string of the molecule is Cc1cc2c(c3c1NC(=O)C3O)OC(COS(C)(=O)=O)C2. The molecular formula is C13H15NO6S. The maximum atomic E-state index is 11.6. The summed E-state index contributed by atoms with van der Waals surface area (Å²) in [5.41, 5.74) is 2.67. The van der Waals surface area contributed by atoms with E-state index in [0.29, 0.717) is 23.4 Å². The number of amides is 1. The number of aliphatic hydroxyl groups excluding tert-OH is 1. The van der Waals surface area contributed by atoms with Gasteiger partial charge in [-0.15, -0.1) is 0 Å². The third kappa shape index (κ3) is 2.50. The lowest BCUT2D eigenvalue weighted by Gasteiger charge is -2.13. The highest BCUT2D eigenvalue weighted by Gasteiger charge is 2.38. The van der Waals surface area contributed by atoms with Gasteiger partial charge in [0.25, 0.3) is 16.0 Å². The van der Waals surface area contributed by atoms with Gasteiger partial charge in [0.15, 0.2) is 6.10 Å². The molecule has 0 bridgehead atoms. The van der Waals surface area contributed by atoms with Crippen molar-refractivity contribution in [3.05, 3.63) is 22.8 Å². The molecule has 3 rings (SSSR count). The van der Waals surface area contributed by atoms with Crippen LogP contribution in [0.5, 0.6) is 5.75 Å². The molecule has 8 heteroatoms. The fourth-order valence-electron chi connectivity index (χ4n) is 2.68. The number of fused-ring (bicyclic) bond motifs is 3. The zero-order chi connectivity index (χ0) is 15.4. The van der Waals surface area contributed by atoms with Crippen molar-refractivity contribution >= 4 is 21.7 Å². The van der Waals surface area contributed by atoms with Crippen LogP contribution >= 0.6 is 0 Å². The number of carbonyl (C=O) groups excluding carboxylic acids is 1. The zero-order valence-corrected chi connectivity index (χ0v) is 12.4. The Morgan fingerprint density at radius 2 is 2.24 bits per heavy atom. The van der Waals surface area contributed by atoms with Gasteiger partial charge in [0, 0.05) is 6.42 Å². The first-order chi connectivity index (χ1) is 9.76. The molecule has 0 saturated heterocycles. The number of anilines is 1. The van der Waals surface area contributed by atoms with Crippen molar-refractivity contribution in [3.63, 3.8) is 0 Å². The first-order valence-corrected chi connectivity index (χ1v) is 8.24. The van der Waals surface area contributed by atoms with Gasteiger partial charge in [-0.2, -0.15) is 8.42 Å². The lowest BCUT2D eigenvalue weighted by Crippen LogP contribution is -2.22. The van der Waals surface area contributed by atoms with Crippen LogP contribution in [-0.2, 0) is 25.5 Å². The second-order valence-electron chi connectivity index (χ2n) is 5.29. The maximum Gasteiger partial charge on any atom is 0.264 e. The monoisotopic (exact) mass is 313 g/mol. The van der Waals surface area contributed by atoms with E-state index in [1.54, 1.807) is 0 Å². The first kappa shape index (κ1) is 14.3. The van der Waals surface area contributed by atoms with Gasteiger partial charge in [0.2, 0.25) is 0 Å². The molecule has 1 aromatic rings. The average Bonchev–Trinajstić information content (AvgIpc) is 2.89. The number of rotatable bonds is 3. The van der Waals surface area contributed by atoms with Gasteiger partial charge in [0.1, 0.15) is 18.5 Å². The number of ether oxygens (including phenoxy) is 1. The Morgan fingerprint density at radius 3 is 2.90 bits per heavy atom. The quantitative estimate of drug-likeness (QED) is 0.776. The van der Waals surface area contributed by atoms with E-state index in [1.807, 2.05) is 13.0 Å². The first-order valence-electron chi connectivity index (χ1n) is 6.42. The van der Waals surface area contributed by atoms with Gasteiger partial charge >= 0.3 is 0 Å². The summed E-state index contributed by atoms with van der Waals surface area (Å²) in [6, 6.07) is 1.87. The summed E-state index contributed by atoms with van der Waals surface area (Å²) in [7, 11) is -3.53. The molecule has 21 heavy (non-hydrogen) atoms. The van der Waals surface area contributed by atoms with Gasteiger partial charge in [-0.05, 0) is 18.1 Å². The summed E-state index contributed by atoms with van der Waals surface area (Å²) in [5, 5.41) is 12.6. The summed E-state index contributed by atoms with van der Waals surface area (Å²) in [6.07, 6.45) is -0.268. The number of aryl methyl sites for hydroxylation is 1. The van der Waals surface area contributed by atoms with Crippen LogP contribution < -0.4 is 10.1 Å². The molecule has 1 amide bonds. The molecule has 0 radical (unpaired) electrons. The van der Waals surface area contributed by atoms with Crippen LogP contribution in [0.15, 0.2) is 6.07 Å². The lowest BCUT2D eigenvalue weighted by atomic mass is 9.99. The molecule has 2 heterocycles. The molecule has 2 atom stereocenters. The minimum atomic E-state index is -3.53. The van der Waals surface area contributed by atoms with Crippen molar-refractivity contribution in [1.29, 1.82) is 0 Å². The Kier molecular flexibility index (Phi) is 3.19. The van der Waals surface area contributed by atoms with E-state index in [0.717, 1.165) is 17.4 Å². The normalized spacial score (nSPS) is 23.5. The molecule has 0 spiro atoms. The number of benzene rings is 1. The van der Waals surface area contributed by atoms with E-state index in [-0.39, 0.29) is 6.61 Å². The molecule has 2 unspecified atom stereocenters. The average molecular weight is 313 g/mol. The summed E-state index contributed by atoms with van der Waals surface area (Å²) in [5.74, 6) is -0.0375. The summed E-state index contributed by atoms with van der Waals surface area (Å²) in [4.78, 5) is 11.6. The minimum Gasteiger partial charge on any atom is -0.487 e. The van der Waals surface area contributed by atoms with Crippen LogP contribution in [0.25, 0.3) is 0 Å². The maximum absolute atomic E-state index is 11.6. The van der Waals surface area contributed by atoms with Crippen molar-refractivity contribution < 1.29 is 27.2 Å². The standard InChI is InChI=1S/C13H15NO6S/c1-6-3-7-4-8(5-19-21(2,17)18)20-12(7)9-10(6)14-13(16)11(9)15/h3,8,11,15H,4-5H2,1-2H3,(H,14,16). The van der Waals surface area contributed by atoms with E-state index in [1.165, 1.54) is 0 Å². The Morgan fingerprint density at radius 1 is 1.52 bits per heavy atom. The summed E-state index contributed by atoms with van der Waals surface area (Å²) >= 11 is 0. The molecule has 7 nitrogen and oxygen atoms in total. The van der Waals surface area contributed by atoms with E-state index >= 15 is 0 Å². The molecule has 2 N–H and O–H groups in total. The van der Waals surface area contributed by atoms with Crippen LogP contribution in [0.4, 0.5) is 5.69 Å². The summed E-state index contributed by atoms with van der Waals surface area (Å²) < 4.78 is 32.5. The second-order valence-corrected chi connectivity index (χ2v) is 6.94. The van der Waals surface area contributed by atoms with E-state index in [2.05, 4.69) is 5.32 Å². The largest absolute Gasteiger partial charge is 0.487 e. The van der Waals surface area contributed by atoms with Gasteiger partial charge < -0.3 is 15.2 Å². The minimum absolute atomic E-state index is 0.0984. The highest BCUT2D eigenvalue weighted by Crippen LogP contribution is 2.45. The Labute approximate surface area is 122 Å². The molecule has 1 aromatic carbocycles. The molecular weight excluding hydrogens is 298 g/mol. The van der Waals surface area contributed by atoms with Crippen molar-refractivity contribution in [1.82, 2.24) is 0 Å². The van der Waals surface area contributed by atoms with Crippen LogP contribution in [0.2, 0.25) is 0 Å². The molecule has 2 aliphatic rings. The molecule has 114 valence electrons. The molecule has 0 fully saturated rings. The molecule has 0 aliphatic carbocycles. The van der Waals surface area contributed by atoms with Crippen LogP contribution in [-0.4, -0.2) is 38.4 Å². The zero-order valence-electron chi connectivity index (χ0n) is 11.5. The molecule has 0 saturated carbocycles. The predicted molar refractivity (Wildman–Crippen MR) is 73.7 cm³/mol. The van der Waals surface area contributed by atoms with E-state index < -0.39 is 28.2 Å².